The Labute approximate surface area is 183 Å². The lowest BCUT2D eigenvalue weighted by atomic mass is 10.0. The Hall–Kier alpha value is -2.64. The average molecular weight is 430 g/mol. The second-order valence-electron chi connectivity index (χ2n) is 8.64. The molecule has 168 valence electrons. The van der Waals surface area contributed by atoms with Crippen molar-refractivity contribution in [3.63, 3.8) is 0 Å². The zero-order chi connectivity index (χ0) is 22.3. The Morgan fingerprint density at radius 2 is 1.74 bits per heavy atom. The van der Waals surface area contributed by atoms with Crippen LogP contribution >= 0.6 is 0 Å². The van der Waals surface area contributed by atoms with Crippen molar-refractivity contribution in [1.29, 1.82) is 0 Å². The van der Waals surface area contributed by atoms with E-state index >= 15 is 0 Å². The molecule has 1 aliphatic heterocycles. The van der Waals surface area contributed by atoms with Crippen LogP contribution in [-0.2, 0) is 13.1 Å². The van der Waals surface area contributed by atoms with Gasteiger partial charge in [-0.05, 0) is 75.2 Å². The van der Waals surface area contributed by atoms with Gasteiger partial charge in [0.1, 0.15) is 18.2 Å². The molecule has 0 aromatic heterocycles. The van der Waals surface area contributed by atoms with E-state index in [1.807, 2.05) is 29.2 Å². The first-order valence-electron chi connectivity index (χ1n) is 10.7. The number of benzene rings is 2. The molecule has 3 N–H and O–H groups in total. The van der Waals surface area contributed by atoms with E-state index in [-0.39, 0.29) is 24.5 Å². The van der Waals surface area contributed by atoms with Gasteiger partial charge < -0.3 is 25.4 Å². The van der Waals surface area contributed by atoms with Gasteiger partial charge in [0.15, 0.2) is 0 Å². The molecule has 1 saturated heterocycles. The maximum atomic E-state index is 13.3. The number of carbonyl (C=O) groups is 1. The minimum absolute atomic E-state index is 0.126. The summed E-state index contributed by atoms with van der Waals surface area (Å²) in [6.07, 6.45) is 1.78. The minimum Gasteiger partial charge on any atom is -0.491 e. The fraction of sp³-hybridized carbons (Fsp3) is 0.458. The van der Waals surface area contributed by atoms with Crippen LogP contribution in [0.15, 0.2) is 48.5 Å². The molecule has 1 aliphatic rings. The third-order valence-electron chi connectivity index (χ3n) is 5.24. The fourth-order valence-electron chi connectivity index (χ4n) is 3.51. The molecule has 0 bridgehead atoms. The van der Waals surface area contributed by atoms with Crippen molar-refractivity contribution in [2.24, 2.45) is 0 Å². The van der Waals surface area contributed by atoms with Gasteiger partial charge in [0.05, 0.1) is 5.60 Å². The summed E-state index contributed by atoms with van der Waals surface area (Å²) in [6.45, 7) is 6.19. The van der Waals surface area contributed by atoms with Gasteiger partial charge in [-0.15, -0.1) is 0 Å². The van der Waals surface area contributed by atoms with Crippen molar-refractivity contribution >= 4 is 6.03 Å². The number of hydrogen-bond donors (Lipinski definition) is 3. The van der Waals surface area contributed by atoms with E-state index in [9.17, 15) is 14.3 Å². The number of nitrogens with zero attached hydrogens (tertiary/aromatic N) is 1. The lowest BCUT2D eigenvalue weighted by Crippen LogP contribution is -2.49. The predicted molar refractivity (Wildman–Crippen MR) is 118 cm³/mol. The summed E-state index contributed by atoms with van der Waals surface area (Å²) in [5.74, 6) is 0.390. The number of amides is 2. The highest BCUT2D eigenvalue weighted by atomic mass is 19.1. The first-order chi connectivity index (χ1) is 14.8. The minimum atomic E-state index is -0.894. The van der Waals surface area contributed by atoms with Crippen molar-refractivity contribution in [2.45, 2.75) is 51.4 Å². The van der Waals surface area contributed by atoms with E-state index in [0.29, 0.717) is 18.8 Å². The lowest BCUT2D eigenvalue weighted by molar-refractivity contribution is 0.0285. The zero-order valence-electron chi connectivity index (χ0n) is 18.2. The fourth-order valence-corrected chi connectivity index (χ4v) is 3.51. The van der Waals surface area contributed by atoms with Crippen LogP contribution in [-0.4, -0.2) is 47.4 Å². The summed E-state index contributed by atoms with van der Waals surface area (Å²) >= 11 is 0. The first kappa shape index (κ1) is 23.0. The van der Waals surface area contributed by atoms with Crippen LogP contribution in [0.1, 0.15) is 37.8 Å². The number of halogens is 1. The van der Waals surface area contributed by atoms with Crippen LogP contribution in [0.25, 0.3) is 0 Å². The van der Waals surface area contributed by atoms with Crippen LogP contribution in [0.5, 0.6) is 5.75 Å². The number of urea groups is 1. The molecule has 1 heterocycles. The van der Waals surface area contributed by atoms with Crippen molar-refractivity contribution in [1.82, 2.24) is 15.5 Å². The third kappa shape index (κ3) is 7.52. The molecule has 6 nitrogen and oxygen atoms in total. The topological polar surface area (TPSA) is 73.8 Å². The highest BCUT2D eigenvalue weighted by Gasteiger charge is 2.25. The van der Waals surface area contributed by atoms with Gasteiger partial charge in [0.2, 0.25) is 0 Å². The lowest BCUT2D eigenvalue weighted by Gasteiger charge is -2.35. The molecule has 0 spiro atoms. The summed E-state index contributed by atoms with van der Waals surface area (Å²) in [4.78, 5) is 14.9. The molecule has 2 amide bonds. The quantitative estimate of drug-likeness (QED) is 0.601. The van der Waals surface area contributed by atoms with E-state index in [0.717, 1.165) is 37.1 Å². The van der Waals surface area contributed by atoms with E-state index in [2.05, 4.69) is 10.6 Å². The summed E-state index contributed by atoms with van der Waals surface area (Å²) in [5.41, 5.74) is 0.967. The molecule has 2 aromatic carbocycles. The van der Waals surface area contributed by atoms with E-state index in [1.165, 1.54) is 12.1 Å². The Morgan fingerprint density at radius 1 is 1.13 bits per heavy atom. The first-order valence-corrected chi connectivity index (χ1v) is 10.7. The molecule has 0 aliphatic carbocycles. The highest BCUT2D eigenvalue weighted by molar-refractivity contribution is 5.74. The van der Waals surface area contributed by atoms with Crippen LogP contribution < -0.4 is 15.4 Å². The molecule has 0 unspecified atom stereocenters. The van der Waals surface area contributed by atoms with Crippen molar-refractivity contribution in [3.05, 3.63) is 65.5 Å². The van der Waals surface area contributed by atoms with Crippen LogP contribution in [0.4, 0.5) is 9.18 Å². The van der Waals surface area contributed by atoms with Gasteiger partial charge >= 0.3 is 6.03 Å². The standard InChI is InChI=1S/C24H32FN3O3/c1-24(2,30)17-31-22-9-5-18(6-10-22)15-27-23(29)28(21-11-13-26-14-12-21)16-19-3-7-20(25)8-4-19/h3-10,21,26,30H,11-17H2,1-2H3,(H,27,29). The largest absolute Gasteiger partial charge is 0.491 e. The Morgan fingerprint density at radius 3 is 2.35 bits per heavy atom. The van der Waals surface area contributed by atoms with Gasteiger partial charge in [-0.2, -0.15) is 0 Å². The summed E-state index contributed by atoms with van der Waals surface area (Å²) in [5, 5.41) is 16.1. The van der Waals surface area contributed by atoms with Gasteiger partial charge in [0.25, 0.3) is 0 Å². The molecule has 3 rings (SSSR count). The third-order valence-corrected chi connectivity index (χ3v) is 5.24. The number of aliphatic hydroxyl groups is 1. The summed E-state index contributed by atoms with van der Waals surface area (Å²) in [6, 6.07) is 13.8. The normalized spacial score (nSPS) is 14.8. The van der Waals surface area contributed by atoms with E-state index in [1.54, 1.807) is 26.0 Å². The zero-order valence-corrected chi connectivity index (χ0v) is 18.2. The molecule has 0 radical (unpaired) electrons. The Balaban J connectivity index is 1.59. The second-order valence-corrected chi connectivity index (χ2v) is 8.64. The number of rotatable bonds is 8. The number of piperidine rings is 1. The second kappa shape index (κ2) is 10.6. The number of carbonyl (C=O) groups excluding carboxylic acids is 1. The Bertz CT molecular complexity index is 829. The maximum Gasteiger partial charge on any atom is 0.318 e. The Kier molecular flexibility index (Phi) is 7.87. The van der Waals surface area contributed by atoms with Crippen molar-refractivity contribution in [2.75, 3.05) is 19.7 Å². The van der Waals surface area contributed by atoms with Crippen LogP contribution in [0.3, 0.4) is 0 Å². The highest BCUT2D eigenvalue weighted by Crippen LogP contribution is 2.18. The smallest absolute Gasteiger partial charge is 0.318 e. The predicted octanol–water partition coefficient (Wildman–Crippen LogP) is 3.44. The SMILES string of the molecule is CC(C)(O)COc1ccc(CNC(=O)N(Cc2ccc(F)cc2)C2CCNCC2)cc1. The molecule has 0 atom stereocenters. The van der Waals surface area contributed by atoms with Gasteiger partial charge in [0, 0.05) is 19.1 Å². The summed E-state index contributed by atoms with van der Waals surface area (Å²) in [7, 11) is 0. The molecule has 31 heavy (non-hydrogen) atoms. The number of ether oxygens (including phenoxy) is 1. The molecule has 7 heteroatoms. The van der Waals surface area contributed by atoms with E-state index < -0.39 is 5.60 Å². The number of nitrogens with one attached hydrogen (secondary N) is 2. The molecule has 0 saturated carbocycles. The van der Waals surface area contributed by atoms with Gasteiger partial charge in [-0.3, -0.25) is 0 Å². The van der Waals surface area contributed by atoms with Crippen LogP contribution in [0.2, 0.25) is 0 Å². The number of hydrogen-bond acceptors (Lipinski definition) is 4. The van der Waals surface area contributed by atoms with Gasteiger partial charge in [-0.25, -0.2) is 9.18 Å². The monoisotopic (exact) mass is 429 g/mol. The van der Waals surface area contributed by atoms with Crippen molar-refractivity contribution < 1.29 is 19.0 Å². The van der Waals surface area contributed by atoms with Crippen molar-refractivity contribution in [3.8, 4) is 5.75 Å². The average Bonchev–Trinajstić information content (AvgIpc) is 2.76. The van der Waals surface area contributed by atoms with Crippen LogP contribution in [0, 0.1) is 5.82 Å². The van der Waals surface area contributed by atoms with E-state index in [4.69, 9.17) is 4.74 Å². The molecule has 2 aromatic rings. The molecular weight excluding hydrogens is 397 g/mol. The molecule has 1 fully saturated rings. The summed E-state index contributed by atoms with van der Waals surface area (Å²) < 4.78 is 18.8. The van der Waals surface area contributed by atoms with Gasteiger partial charge in [-0.1, -0.05) is 24.3 Å². The molecular formula is C24H32FN3O3. The maximum absolute atomic E-state index is 13.3.